The Morgan fingerprint density at radius 1 is 0.913 bits per heavy atom. The smallest absolute Gasteiger partial charge is 0.475 e. The molecule has 136 valence electrons. The molecular weight excluding hydrogens is 342 g/mol. The number of hydrogen-bond donors (Lipinski definition) is 4. The van der Waals surface area contributed by atoms with Crippen LogP contribution in [0.4, 0.5) is 26.3 Å². The molecule has 0 atom stereocenters. The van der Waals surface area contributed by atoms with Crippen LogP contribution in [-0.4, -0.2) is 72.9 Å². The minimum atomic E-state index is -5.08. The minimum Gasteiger partial charge on any atom is -0.475 e. The Morgan fingerprint density at radius 3 is 1.39 bits per heavy atom. The van der Waals surface area contributed by atoms with Crippen molar-refractivity contribution in [1.29, 1.82) is 0 Å². The standard InChI is InChI=1S/C6H12N2O.2C2HF3O2/c1-5(2-7-1)8-6-3-9-4-6;2*3-2(4,5)1(6)7/h5-8H,1-4H2;2*(H,6,7). The van der Waals surface area contributed by atoms with E-state index in [1.807, 2.05) is 0 Å². The van der Waals surface area contributed by atoms with Gasteiger partial charge < -0.3 is 25.6 Å². The fourth-order valence-electron chi connectivity index (χ4n) is 1.07. The Bertz CT molecular complexity index is 356. The number of ether oxygens (including phenoxy) is 1. The van der Waals surface area contributed by atoms with Crippen molar-refractivity contribution in [3.63, 3.8) is 0 Å². The number of aliphatic carboxylic acids is 2. The number of hydrogen-bond acceptors (Lipinski definition) is 5. The molecule has 0 saturated carbocycles. The van der Waals surface area contributed by atoms with Crippen molar-refractivity contribution in [3.8, 4) is 0 Å². The summed E-state index contributed by atoms with van der Waals surface area (Å²) >= 11 is 0. The number of carbonyl (C=O) groups is 2. The quantitative estimate of drug-likeness (QED) is 0.524. The second-order valence-corrected chi connectivity index (χ2v) is 4.36. The Hall–Kier alpha value is -1.60. The number of nitrogens with one attached hydrogen (secondary N) is 2. The van der Waals surface area contributed by atoms with Crippen LogP contribution in [0.25, 0.3) is 0 Å². The van der Waals surface area contributed by atoms with Gasteiger partial charge in [-0.15, -0.1) is 0 Å². The van der Waals surface area contributed by atoms with Crippen LogP contribution in [-0.2, 0) is 14.3 Å². The van der Waals surface area contributed by atoms with Gasteiger partial charge in [0.15, 0.2) is 0 Å². The van der Waals surface area contributed by atoms with Gasteiger partial charge in [0.2, 0.25) is 0 Å². The molecule has 2 aliphatic rings. The first-order valence-electron chi connectivity index (χ1n) is 5.98. The molecule has 7 nitrogen and oxygen atoms in total. The summed E-state index contributed by atoms with van der Waals surface area (Å²) in [5.41, 5.74) is 0. The van der Waals surface area contributed by atoms with Gasteiger partial charge in [0.25, 0.3) is 0 Å². The third-order valence-corrected chi connectivity index (χ3v) is 2.38. The lowest BCUT2D eigenvalue weighted by molar-refractivity contribution is -0.193. The number of carboxylic acids is 2. The molecule has 0 spiro atoms. The van der Waals surface area contributed by atoms with Gasteiger partial charge in [0, 0.05) is 19.1 Å². The van der Waals surface area contributed by atoms with Gasteiger partial charge in [-0.3, -0.25) is 0 Å². The lowest BCUT2D eigenvalue weighted by Gasteiger charge is -2.36. The maximum Gasteiger partial charge on any atom is 0.490 e. The second-order valence-electron chi connectivity index (χ2n) is 4.36. The van der Waals surface area contributed by atoms with Gasteiger partial charge in [-0.05, 0) is 0 Å². The molecule has 0 bridgehead atoms. The maximum absolute atomic E-state index is 10.6. The van der Waals surface area contributed by atoms with Crippen LogP contribution in [0.1, 0.15) is 0 Å². The molecule has 2 aliphatic heterocycles. The molecule has 4 N–H and O–H groups in total. The highest BCUT2D eigenvalue weighted by Crippen LogP contribution is 2.13. The lowest BCUT2D eigenvalue weighted by atomic mass is 10.1. The second kappa shape index (κ2) is 8.88. The van der Waals surface area contributed by atoms with Crippen molar-refractivity contribution in [2.75, 3.05) is 26.3 Å². The summed E-state index contributed by atoms with van der Waals surface area (Å²) in [6, 6.07) is 1.37. The topological polar surface area (TPSA) is 108 Å². The summed E-state index contributed by atoms with van der Waals surface area (Å²) in [4.78, 5) is 17.8. The van der Waals surface area contributed by atoms with E-state index in [1.165, 1.54) is 0 Å². The molecule has 23 heavy (non-hydrogen) atoms. The molecule has 0 amide bonds. The molecule has 13 heteroatoms. The van der Waals surface area contributed by atoms with Crippen molar-refractivity contribution < 1.29 is 50.9 Å². The molecule has 0 unspecified atom stereocenters. The Balaban J connectivity index is 0.000000322. The monoisotopic (exact) mass is 356 g/mol. The van der Waals surface area contributed by atoms with E-state index in [9.17, 15) is 26.3 Å². The zero-order valence-corrected chi connectivity index (χ0v) is 11.4. The predicted octanol–water partition coefficient (Wildman–Crippen LogP) is 0.213. The van der Waals surface area contributed by atoms with E-state index in [0.717, 1.165) is 32.3 Å². The highest BCUT2D eigenvalue weighted by atomic mass is 19.4. The Morgan fingerprint density at radius 2 is 1.26 bits per heavy atom. The lowest BCUT2D eigenvalue weighted by Crippen LogP contribution is -2.61. The van der Waals surface area contributed by atoms with Crippen molar-refractivity contribution >= 4 is 11.9 Å². The minimum absolute atomic E-state index is 0.650. The summed E-state index contributed by atoms with van der Waals surface area (Å²) in [5, 5.41) is 20.9. The van der Waals surface area contributed by atoms with Crippen LogP contribution >= 0.6 is 0 Å². The van der Waals surface area contributed by atoms with Gasteiger partial charge in [0.05, 0.1) is 19.3 Å². The van der Waals surface area contributed by atoms with E-state index in [-0.39, 0.29) is 0 Å². The van der Waals surface area contributed by atoms with Gasteiger partial charge in [0.1, 0.15) is 0 Å². The van der Waals surface area contributed by atoms with E-state index in [2.05, 4.69) is 10.6 Å². The molecule has 2 heterocycles. The van der Waals surface area contributed by atoms with E-state index in [4.69, 9.17) is 24.5 Å². The summed E-state index contributed by atoms with van der Waals surface area (Å²) < 4.78 is 68.5. The third kappa shape index (κ3) is 9.91. The predicted molar refractivity (Wildman–Crippen MR) is 61.8 cm³/mol. The number of halogens is 6. The van der Waals surface area contributed by atoms with Crippen LogP contribution in [0, 0.1) is 0 Å². The average Bonchev–Trinajstić information content (AvgIpc) is 2.23. The first-order valence-corrected chi connectivity index (χ1v) is 5.98. The summed E-state index contributed by atoms with van der Waals surface area (Å²) in [6.07, 6.45) is -10.2. The van der Waals surface area contributed by atoms with Crippen LogP contribution < -0.4 is 10.6 Å². The molecule has 0 aliphatic carbocycles. The first kappa shape index (κ1) is 21.4. The fourth-order valence-corrected chi connectivity index (χ4v) is 1.07. The zero-order chi connectivity index (χ0) is 18.3. The van der Waals surface area contributed by atoms with Crippen molar-refractivity contribution in [2.24, 2.45) is 0 Å². The van der Waals surface area contributed by atoms with E-state index in [0.29, 0.717) is 6.04 Å². The van der Waals surface area contributed by atoms with Crippen LogP contribution in [0.3, 0.4) is 0 Å². The highest BCUT2D eigenvalue weighted by Gasteiger charge is 2.38. The van der Waals surface area contributed by atoms with E-state index < -0.39 is 24.3 Å². The summed E-state index contributed by atoms with van der Waals surface area (Å²) in [7, 11) is 0. The van der Waals surface area contributed by atoms with Gasteiger partial charge in [-0.1, -0.05) is 0 Å². The Labute approximate surface area is 125 Å². The number of rotatable bonds is 2. The first-order chi connectivity index (χ1) is 10.3. The molecule has 2 fully saturated rings. The fraction of sp³-hybridized carbons (Fsp3) is 0.800. The summed E-state index contributed by atoms with van der Waals surface area (Å²) in [5.74, 6) is -5.51. The molecule has 0 aromatic rings. The van der Waals surface area contributed by atoms with Crippen molar-refractivity contribution in [3.05, 3.63) is 0 Å². The van der Waals surface area contributed by atoms with Crippen LogP contribution in [0.2, 0.25) is 0 Å². The van der Waals surface area contributed by atoms with E-state index >= 15 is 0 Å². The molecule has 2 saturated heterocycles. The largest absolute Gasteiger partial charge is 0.490 e. The van der Waals surface area contributed by atoms with Crippen molar-refractivity contribution in [1.82, 2.24) is 10.6 Å². The zero-order valence-electron chi connectivity index (χ0n) is 11.4. The SMILES string of the molecule is C1NCC1NC1COC1.O=C(O)C(F)(F)F.O=C(O)C(F)(F)F. The molecule has 0 radical (unpaired) electrons. The van der Waals surface area contributed by atoms with Gasteiger partial charge in [-0.25, -0.2) is 9.59 Å². The number of carboxylic acid groups (broad SMARTS) is 2. The molecular formula is C10H14F6N2O5. The van der Waals surface area contributed by atoms with Crippen molar-refractivity contribution in [2.45, 2.75) is 24.4 Å². The summed E-state index contributed by atoms with van der Waals surface area (Å²) in [6.45, 7) is 4.10. The molecule has 2 rings (SSSR count). The van der Waals surface area contributed by atoms with Crippen LogP contribution in [0.15, 0.2) is 0 Å². The Kier molecular flexibility index (Phi) is 8.26. The molecule has 0 aromatic carbocycles. The average molecular weight is 356 g/mol. The van der Waals surface area contributed by atoms with Crippen LogP contribution in [0.5, 0.6) is 0 Å². The van der Waals surface area contributed by atoms with Gasteiger partial charge >= 0.3 is 24.3 Å². The normalized spacial score (nSPS) is 18.3. The third-order valence-electron chi connectivity index (χ3n) is 2.38. The van der Waals surface area contributed by atoms with E-state index in [1.54, 1.807) is 0 Å². The molecule has 0 aromatic heterocycles. The number of alkyl halides is 6. The maximum atomic E-state index is 10.6. The van der Waals surface area contributed by atoms with Gasteiger partial charge in [-0.2, -0.15) is 26.3 Å². The highest BCUT2D eigenvalue weighted by molar-refractivity contribution is 5.73.